The van der Waals surface area contributed by atoms with Crippen molar-refractivity contribution in [1.29, 1.82) is 0 Å². The molecule has 2 N–H and O–H groups in total. The van der Waals surface area contributed by atoms with Gasteiger partial charge in [0, 0.05) is 18.8 Å². The number of rotatable bonds is 2. The summed E-state index contributed by atoms with van der Waals surface area (Å²) in [7, 11) is 1.74. The van der Waals surface area contributed by atoms with Crippen LogP contribution in [-0.4, -0.2) is 31.7 Å². The highest BCUT2D eigenvalue weighted by Gasteiger charge is 2.47. The molecule has 1 saturated carbocycles. The Morgan fingerprint density at radius 3 is 2.61 bits per heavy atom. The van der Waals surface area contributed by atoms with E-state index in [-0.39, 0.29) is 5.91 Å². The van der Waals surface area contributed by atoms with E-state index in [0.717, 1.165) is 24.3 Å². The van der Waals surface area contributed by atoms with Crippen molar-refractivity contribution in [3.05, 3.63) is 18.2 Å². The predicted octanol–water partition coefficient (Wildman–Crippen LogP) is 0.912. The lowest BCUT2D eigenvalue weighted by Gasteiger charge is -2.24. The van der Waals surface area contributed by atoms with Crippen LogP contribution in [0.25, 0.3) is 0 Å². The molecule has 0 spiro atoms. The fourth-order valence-electron chi connectivity index (χ4n) is 2.04. The van der Waals surface area contributed by atoms with Crippen LogP contribution in [-0.2, 0) is 4.79 Å². The maximum Gasteiger partial charge on any atom is 0.246 e. The molecule has 96 valence electrons. The molecule has 0 bridgehead atoms. The molecule has 0 saturated heterocycles. The lowest BCUT2D eigenvalue weighted by molar-refractivity contribution is -0.120. The van der Waals surface area contributed by atoms with Gasteiger partial charge in [0.05, 0.1) is 5.54 Å². The van der Waals surface area contributed by atoms with Crippen LogP contribution in [0.1, 0.15) is 12.8 Å². The highest BCUT2D eigenvalue weighted by atomic mass is 16.6. The highest BCUT2D eigenvalue weighted by molar-refractivity contribution is 6.01. The number of carbonyl (C=O) groups is 1. The number of carbonyl (C=O) groups excluding carboxylic acids is 1. The second kappa shape index (κ2) is 3.88. The average molecular weight is 248 g/mol. The van der Waals surface area contributed by atoms with Gasteiger partial charge >= 0.3 is 0 Å². The minimum Gasteiger partial charge on any atom is -0.486 e. The first-order valence-electron chi connectivity index (χ1n) is 6.07. The predicted molar refractivity (Wildman–Crippen MR) is 67.0 cm³/mol. The van der Waals surface area contributed by atoms with Crippen LogP contribution in [0, 0.1) is 0 Å². The molecule has 0 aromatic heterocycles. The average Bonchev–Trinajstić information content (AvgIpc) is 3.16. The van der Waals surface area contributed by atoms with E-state index in [1.165, 1.54) is 0 Å². The van der Waals surface area contributed by atoms with Gasteiger partial charge in [-0.2, -0.15) is 0 Å². The fraction of sp³-hybridized carbons (Fsp3) is 0.462. The van der Waals surface area contributed by atoms with Crippen molar-refractivity contribution in [2.24, 2.45) is 5.73 Å². The van der Waals surface area contributed by atoms with Gasteiger partial charge in [0.15, 0.2) is 11.5 Å². The molecule has 1 amide bonds. The smallest absolute Gasteiger partial charge is 0.246 e. The second-order valence-corrected chi connectivity index (χ2v) is 4.85. The third-order valence-corrected chi connectivity index (χ3v) is 3.43. The molecule has 1 aromatic carbocycles. The van der Waals surface area contributed by atoms with Gasteiger partial charge < -0.3 is 20.1 Å². The van der Waals surface area contributed by atoms with E-state index in [1.807, 2.05) is 18.2 Å². The van der Waals surface area contributed by atoms with E-state index in [4.69, 9.17) is 15.2 Å². The summed E-state index contributed by atoms with van der Waals surface area (Å²) >= 11 is 0. The summed E-state index contributed by atoms with van der Waals surface area (Å²) in [6.45, 7) is 1.10. The number of ether oxygens (including phenoxy) is 2. The maximum absolute atomic E-state index is 12.1. The lowest BCUT2D eigenvalue weighted by atomic mass is 10.2. The Hall–Kier alpha value is -1.75. The molecule has 0 radical (unpaired) electrons. The van der Waals surface area contributed by atoms with Crippen molar-refractivity contribution >= 4 is 11.6 Å². The molecule has 5 nitrogen and oxygen atoms in total. The van der Waals surface area contributed by atoms with Crippen LogP contribution in [0.3, 0.4) is 0 Å². The molecule has 1 aromatic rings. The number of benzene rings is 1. The van der Waals surface area contributed by atoms with Crippen molar-refractivity contribution in [3.63, 3.8) is 0 Å². The van der Waals surface area contributed by atoms with Gasteiger partial charge in [0.2, 0.25) is 5.91 Å². The molecule has 1 heterocycles. The zero-order valence-corrected chi connectivity index (χ0v) is 10.3. The monoisotopic (exact) mass is 248 g/mol. The first kappa shape index (κ1) is 11.3. The van der Waals surface area contributed by atoms with E-state index >= 15 is 0 Å². The third kappa shape index (κ3) is 1.80. The highest BCUT2D eigenvalue weighted by Crippen LogP contribution is 2.37. The van der Waals surface area contributed by atoms with Gasteiger partial charge in [-0.3, -0.25) is 4.79 Å². The van der Waals surface area contributed by atoms with Gasteiger partial charge in [0.1, 0.15) is 13.2 Å². The van der Waals surface area contributed by atoms with E-state index in [1.54, 1.807) is 11.9 Å². The quantitative estimate of drug-likeness (QED) is 0.845. The molecule has 1 fully saturated rings. The van der Waals surface area contributed by atoms with Crippen LogP contribution < -0.4 is 20.1 Å². The molecule has 2 aliphatic rings. The number of nitrogens with zero attached hydrogens (tertiary/aromatic N) is 1. The topological polar surface area (TPSA) is 64.8 Å². The summed E-state index contributed by atoms with van der Waals surface area (Å²) in [6.07, 6.45) is 1.53. The Morgan fingerprint density at radius 2 is 1.94 bits per heavy atom. The molecular weight excluding hydrogens is 232 g/mol. The van der Waals surface area contributed by atoms with Gasteiger partial charge in [-0.1, -0.05) is 0 Å². The number of hydrogen-bond donors (Lipinski definition) is 1. The summed E-state index contributed by atoms with van der Waals surface area (Å²) in [4.78, 5) is 13.7. The van der Waals surface area contributed by atoms with Crippen LogP contribution in [0.4, 0.5) is 5.69 Å². The van der Waals surface area contributed by atoms with Crippen molar-refractivity contribution in [2.75, 3.05) is 25.2 Å². The van der Waals surface area contributed by atoms with E-state index in [2.05, 4.69) is 0 Å². The zero-order chi connectivity index (χ0) is 12.8. The molecule has 0 atom stereocenters. The largest absolute Gasteiger partial charge is 0.486 e. The number of hydrogen-bond acceptors (Lipinski definition) is 4. The molecule has 5 heteroatoms. The number of fused-ring (bicyclic) bond motifs is 1. The summed E-state index contributed by atoms with van der Waals surface area (Å²) < 4.78 is 10.9. The molecule has 1 aliphatic carbocycles. The van der Waals surface area contributed by atoms with Gasteiger partial charge in [-0.15, -0.1) is 0 Å². The van der Waals surface area contributed by atoms with Crippen molar-refractivity contribution < 1.29 is 14.3 Å². The standard InChI is InChI=1S/C13H16N2O3/c1-15(12(16)13(14)4-5-13)9-2-3-10-11(8-9)18-7-6-17-10/h2-3,8H,4-7,14H2,1H3. The van der Waals surface area contributed by atoms with Crippen molar-refractivity contribution in [1.82, 2.24) is 0 Å². The minimum atomic E-state index is -0.651. The number of anilines is 1. The van der Waals surface area contributed by atoms with E-state index in [0.29, 0.717) is 19.0 Å². The lowest BCUT2D eigenvalue weighted by Crippen LogP contribution is -2.43. The van der Waals surface area contributed by atoms with Crippen LogP contribution in [0.2, 0.25) is 0 Å². The van der Waals surface area contributed by atoms with Crippen molar-refractivity contribution in [2.45, 2.75) is 18.4 Å². The molecule has 1 aliphatic heterocycles. The van der Waals surface area contributed by atoms with Gasteiger partial charge in [-0.05, 0) is 25.0 Å². The summed E-state index contributed by atoms with van der Waals surface area (Å²) in [5.41, 5.74) is 6.05. The molecule has 0 unspecified atom stereocenters. The molecular formula is C13H16N2O3. The Bertz CT molecular complexity index is 497. The first-order chi connectivity index (χ1) is 8.60. The van der Waals surface area contributed by atoms with E-state index < -0.39 is 5.54 Å². The maximum atomic E-state index is 12.1. The van der Waals surface area contributed by atoms with Gasteiger partial charge in [-0.25, -0.2) is 0 Å². The Labute approximate surface area is 105 Å². The summed E-state index contributed by atoms with van der Waals surface area (Å²) in [6, 6.07) is 5.49. The van der Waals surface area contributed by atoms with E-state index in [9.17, 15) is 4.79 Å². The molecule has 3 rings (SSSR count). The number of likely N-dealkylation sites (N-methyl/N-ethyl adjacent to an activating group) is 1. The Kier molecular flexibility index (Phi) is 2.45. The number of amides is 1. The first-order valence-corrected chi connectivity index (χ1v) is 6.07. The third-order valence-electron chi connectivity index (χ3n) is 3.43. The van der Waals surface area contributed by atoms with Crippen LogP contribution >= 0.6 is 0 Å². The van der Waals surface area contributed by atoms with Gasteiger partial charge in [0.25, 0.3) is 0 Å². The van der Waals surface area contributed by atoms with Crippen LogP contribution in [0.15, 0.2) is 18.2 Å². The second-order valence-electron chi connectivity index (χ2n) is 4.85. The molecule has 18 heavy (non-hydrogen) atoms. The van der Waals surface area contributed by atoms with Crippen LogP contribution in [0.5, 0.6) is 11.5 Å². The zero-order valence-electron chi connectivity index (χ0n) is 10.3. The Balaban J connectivity index is 1.85. The summed E-state index contributed by atoms with van der Waals surface area (Å²) in [5, 5.41) is 0. The number of nitrogens with two attached hydrogens (primary N) is 1. The fourth-order valence-corrected chi connectivity index (χ4v) is 2.04. The van der Waals surface area contributed by atoms with Crippen molar-refractivity contribution in [3.8, 4) is 11.5 Å². The Morgan fingerprint density at radius 1 is 1.28 bits per heavy atom. The SMILES string of the molecule is CN(C(=O)C1(N)CC1)c1ccc2c(c1)OCCO2. The summed E-state index contributed by atoms with van der Waals surface area (Å²) in [5.74, 6) is 1.36. The normalized spacial score (nSPS) is 19.2. The minimum absolute atomic E-state index is 0.0424.